The van der Waals surface area contributed by atoms with Gasteiger partial charge in [-0.05, 0) is 0 Å². The summed E-state index contributed by atoms with van der Waals surface area (Å²) < 4.78 is 0. The molecule has 11 heavy (non-hydrogen) atoms. The van der Waals surface area contributed by atoms with E-state index in [0.29, 0.717) is 0 Å². The van der Waals surface area contributed by atoms with Crippen LogP contribution in [0.3, 0.4) is 0 Å². The first-order valence-corrected chi connectivity index (χ1v) is 2.68. The van der Waals surface area contributed by atoms with Crippen LogP contribution in [0.2, 0.25) is 0 Å². The minimum Gasteiger partial charge on any atom is -0.481 e. The Bertz CT molecular complexity index is 183. The van der Waals surface area contributed by atoms with Crippen LogP contribution in [0.1, 0.15) is 12.8 Å². The van der Waals surface area contributed by atoms with Crippen molar-refractivity contribution < 1.29 is 29.6 Å². The second-order valence-electron chi connectivity index (χ2n) is 1.70. The van der Waals surface area contributed by atoms with Gasteiger partial charge in [0.2, 0.25) is 5.78 Å². The Morgan fingerprint density at radius 3 is 2.09 bits per heavy atom. The fourth-order valence-corrected chi connectivity index (χ4v) is 0.373. The van der Waals surface area contributed by atoms with E-state index in [4.69, 9.17) is 10.4 Å². The first-order chi connectivity index (χ1) is 5.07. The molecule has 0 fully saturated rings. The summed E-state index contributed by atoms with van der Waals surface area (Å²) in [4.78, 5) is 33.4. The molecule has 0 aliphatic carbocycles. The quantitative estimate of drug-likeness (QED) is 0.326. The number of aliphatic carboxylic acids is 1. The van der Waals surface area contributed by atoms with Crippen LogP contribution < -0.4 is 0 Å². The number of Topliss-reactive ketones (excluding diaryl/α,β-unsaturated/α-hetero) is 1. The van der Waals surface area contributed by atoms with E-state index >= 15 is 0 Å². The van der Waals surface area contributed by atoms with Crippen LogP contribution >= 0.6 is 0 Å². The zero-order valence-corrected chi connectivity index (χ0v) is 5.44. The van der Waals surface area contributed by atoms with Crippen molar-refractivity contribution in [1.29, 1.82) is 0 Å². The summed E-state index contributed by atoms with van der Waals surface area (Å²) in [5.41, 5.74) is 0. The van der Waals surface area contributed by atoms with E-state index in [-0.39, 0.29) is 0 Å². The third kappa shape index (κ3) is 4.04. The average Bonchev–Trinajstić information content (AvgIpc) is 1.98. The predicted octanol–water partition coefficient (Wildman–Crippen LogP) is -0.563. The third-order valence-corrected chi connectivity index (χ3v) is 0.877. The van der Waals surface area contributed by atoms with Gasteiger partial charge in [0.15, 0.2) is 0 Å². The van der Waals surface area contributed by atoms with E-state index in [2.05, 4.69) is 4.89 Å². The van der Waals surface area contributed by atoms with Crippen molar-refractivity contribution >= 4 is 17.7 Å². The largest absolute Gasteiger partial charge is 0.481 e. The zero-order valence-electron chi connectivity index (χ0n) is 5.44. The van der Waals surface area contributed by atoms with Gasteiger partial charge in [-0.1, -0.05) is 0 Å². The molecule has 0 heterocycles. The SMILES string of the molecule is O=C(O)CCC(=O)C(=O)OO. The lowest BCUT2D eigenvalue weighted by atomic mass is 10.2. The van der Waals surface area contributed by atoms with E-state index in [1.807, 2.05) is 0 Å². The van der Waals surface area contributed by atoms with E-state index in [0.717, 1.165) is 0 Å². The fraction of sp³-hybridized carbons (Fsp3) is 0.400. The highest BCUT2D eigenvalue weighted by atomic mass is 17.1. The summed E-state index contributed by atoms with van der Waals surface area (Å²) in [5, 5.41) is 15.7. The summed E-state index contributed by atoms with van der Waals surface area (Å²) in [6.07, 6.45) is -0.914. The highest BCUT2D eigenvalue weighted by molar-refractivity contribution is 6.33. The lowest BCUT2D eigenvalue weighted by Gasteiger charge is -1.92. The molecule has 0 unspecified atom stereocenters. The third-order valence-electron chi connectivity index (χ3n) is 0.877. The van der Waals surface area contributed by atoms with Gasteiger partial charge in [-0.25, -0.2) is 4.79 Å². The molecule has 0 radical (unpaired) electrons. The number of hydrogen-bond acceptors (Lipinski definition) is 5. The lowest BCUT2D eigenvalue weighted by molar-refractivity contribution is -0.232. The van der Waals surface area contributed by atoms with Gasteiger partial charge in [0.25, 0.3) is 0 Å². The predicted molar refractivity (Wildman–Crippen MR) is 30.6 cm³/mol. The smallest absolute Gasteiger partial charge is 0.408 e. The Balaban J connectivity index is 3.70. The van der Waals surface area contributed by atoms with Crippen molar-refractivity contribution in [2.24, 2.45) is 0 Å². The normalized spacial score (nSPS) is 8.82. The van der Waals surface area contributed by atoms with Crippen molar-refractivity contribution in [2.75, 3.05) is 0 Å². The van der Waals surface area contributed by atoms with Crippen molar-refractivity contribution in [1.82, 2.24) is 0 Å². The summed E-state index contributed by atoms with van der Waals surface area (Å²) in [5.74, 6) is -3.69. The van der Waals surface area contributed by atoms with Crippen LogP contribution in [-0.4, -0.2) is 28.1 Å². The van der Waals surface area contributed by atoms with Crippen molar-refractivity contribution in [3.63, 3.8) is 0 Å². The van der Waals surface area contributed by atoms with E-state index < -0.39 is 30.6 Å². The Morgan fingerprint density at radius 1 is 1.18 bits per heavy atom. The summed E-state index contributed by atoms with van der Waals surface area (Å²) in [7, 11) is 0. The second kappa shape index (κ2) is 4.40. The number of rotatable bonds is 4. The number of ketones is 1. The zero-order chi connectivity index (χ0) is 8.85. The topological polar surface area (TPSA) is 101 Å². The molecule has 0 aromatic carbocycles. The molecule has 0 atom stereocenters. The van der Waals surface area contributed by atoms with Gasteiger partial charge in [-0.2, -0.15) is 5.26 Å². The number of hydrogen-bond donors (Lipinski definition) is 2. The minimum absolute atomic E-state index is 0.450. The highest BCUT2D eigenvalue weighted by Gasteiger charge is 2.16. The molecular weight excluding hydrogens is 156 g/mol. The summed E-state index contributed by atoms with van der Waals surface area (Å²) >= 11 is 0. The van der Waals surface area contributed by atoms with Gasteiger partial charge in [0.05, 0.1) is 6.42 Å². The Morgan fingerprint density at radius 2 is 1.73 bits per heavy atom. The highest BCUT2D eigenvalue weighted by Crippen LogP contribution is 1.92. The Labute approximate surface area is 61.3 Å². The average molecular weight is 162 g/mol. The molecule has 0 aliphatic heterocycles. The maximum Gasteiger partial charge on any atom is 0.408 e. The number of carboxylic acid groups (broad SMARTS) is 1. The van der Waals surface area contributed by atoms with Crippen molar-refractivity contribution in [3.8, 4) is 0 Å². The van der Waals surface area contributed by atoms with Gasteiger partial charge in [-0.3, -0.25) is 14.5 Å². The number of carbonyl (C=O) groups is 3. The van der Waals surface area contributed by atoms with Gasteiger partial charge in [0, 0.05) is 6.42 Å². The van der Waals surface area contributed by atoms with Gasteiger partial charge >= 0.3 is 11.9 Å². The molecule has 0 bridgehead atoms. The molecule has 0 saturated heterocycles. The molecule has 0 aromatic heterocycles. The fourth-order valence-electron chi connectivity index (χ4n) is 0.373. The van der Waals surface area contributed by atoms with Crippen molar-refractivity contribution in [2.45, 2.75) is 12.8 Å². The van der Waals surface area contributed by atoms with Crippen molar-refractivity contribution in [3.05, 3.63) is 0 Å². The van der Waals surface area contributed by atoms with E-state index in [9.17, 15) is 14.4 Å². The molecule has 0 spiro atoms. The van der Waals surface area contributed by atoms with Crippen LogP contribution in [0.25, 0.3) is 0 Å². The molecule has 62 valence electrons. The first-order valence-electron chi connectivity index (χ1n) is 2.68. The molecular formula is C5H6O6. The second-order valence-corrected chi connectivity index (χ2v) is 1.70. The first kappa shape index (κ1) is 9.57. The van der Waals surface area contributed by atoms with Gasteiger partial charge < -0.3 is 5.11 Å². The maximum atomic E-state index is 10.4. The molecule has 2 N–H and O–H groups in total. The van der Waals surface area contributed by atoms with Gasteiger partial charge in [0.1, 0.15) is 0 Å². The molecule has 0 aromatic rings. The summed E-state index contributed by atoms with van der Waals surface area (Å²) in [6.45, 7) is 0. The minimum atomic E-state index is -1.44. The summed E-state index contributed by atoms with van der Waals surface area (Å²) in [6, 6.07) is 0. The molecule has 6 nitrogen and oxygen atoms in total. The molecule has 0 amide bonds. The molecule has 0 aliphatic rings. The van der Waals surface area contributed by atoms with Crippen LogP contribution in [0.4, 0.5) is 0 Å². The standard InChI is InChI=1S/C5H6O6/c6-3(5(9)11-10)1-2-4(7)8/h10H,1-2H2,(H,7,8). The Kier molecular flexibility index (Phi) is 3.82. The molecule has 0 rings (SSSR count). The van der Waals surface area contributed by atoms with Crippen LogP contribution in [-0.2, 0) is 19.3 Å². The van der Waals surface area contributed by atoms with Gasteiger partial charge in [-0.15, -0.1) is 0 Å². The molecule has 6 heteroatoms. The number of carboxylic acids is 1. The number of carbonyl (C=O) groups excluding carboxylic acids is 2. The van der Waals surface area contributed by atoms with Crippen LogP contribution in [0.5, 0.6) is 0 Å². The maximum absolute atomic E-state index is 10.4. The lowest BCUT2D eigenvalue weighted by Crippen LogP contribution is -2.16. The van der Waals surface area contributed by atoms with E-state index in [1.165, 1.54) is 0 Å². The van der Waals surface area contributed by atoms with Crippen LogP contribution in [0, 0.1) is 0 Å². The molecule has 0 saturated carbocycles. The monoisotopic (exact) mass is 162 g/mol. The Hall–Kier alpha value is -1.43. The van der Waals surface area contributed by atoms with E-state index in [1.54, 1.807) is 0 Å². The van der Waals surface area contributed by atoms with Crippen LogP contribution in [0.15, 0.2) is 0 Å².